The summed E-state index contributed by atoms with van der Waals surface area (Å²) >= 11 is 0. The van der Waals surface area contributed by atoms with E-state index in [0.29, 0.717) is 31.9 Å². The molecule has 1 N–H and O–H groups in total. The van der Waals surface area contributed by atoms with Gasteiger partial charge in [-0.25, -0.2) is 8.42 Å². The van der Waals surface area contributed by atoms with Crippen LogP contribution in [0, 0.1) is 0 Å². The third-order valence-electron chi connectivity index (χ3n) is 4.97. The second-order valence-electron chi connectivity index (χ2n) is 7.72. The molecule has 9 heteroatoms. The second kappa shape index (κ2) is 10.7. The van der Waals surface area contributed by atoms with Gasteiger partial charge in [-0.15, -0.1) is 0 Å². The molecule has 1 aliphatic heterocycles. The van der Waals surface area contributed by atoms with Crippen molar-refractivity contribution in [2.75, 3.05) is 26.3 Å². The fourth-order valence-electron chi connectivity index (χ4n) is 3.37. The highest BCUT2D eigenvalue weighted by atomic mass is 32.2. The lowest BCUT2D eigenvalue weighted by Gasteiger charge is -2.26. The van der Waals surface area contributed by atoms with Crippen LogP contribution < -0.4 is 5.32 Å². The van der Waals surface area contributed by atoms with Crippen LogP contribution in [0.4, 0.5) is 0 Å². The van der Waals surface area contributed by atoms with Gasteiger partial charge in [0.25, 0.3) is 5.91 Å². The molecule has 172 valence electrons. The molecule has 8 nitrogen and oxygen atoms in total. The summed E-state index contributed by atoms with van der Waals surface area (Å²) in [6.45, 7) is 4.85. The number of ether oxygens (including phenoxy) is 2. The molecule has 1 atom stereocenters. The Kier molecular flexibility index (Phi) is 8.00. The molecule has 2 aromatic rings. The number of benzene rings is 2. The van der Waals surface area contributed by atoms with Crippen molar-refractivity contribution in [3.05, 3.63) is 65.7 Å². The Labute approximate surface area is 188 Å². The number of rotatable bonds is 8. The third-order valence-corrected chi connectivity index (χ3v) is 6.88. The Hall–Kier alpha value is -2.75. The smallest absolute Gasteiger partial charge is 0.308 e. The number of hydrogen-bond donors (Lipinski definition) is 1. The van der Waals surface area contributed by atoms with Crippen LogP contribution >= 0.6 is 0 Å². The molecule has 1 aliphatic rings. The predicted octanol–water partition coefficient (Wildman–Crippen LogP) is 2.52. The van der Waals surface area contributed by atoms with Gasteiger partial charge < -0.3 is 14.8 Å². The monoisotopic (exact) mass is 460 g/mol. The number of nitrogens with zero attached hydrogens (tertiary/aromatic N) is 1. The van der Waals surface area contributed by atoms with Gasteiger partial charge in [0.15, 0.2) is 0 Å². The van der Waals surface area contributed by atoms with Gasteiger partial charge in [-0.1, -0.05) is 30.3 Å². The van der Waals surface area contributed by atoms with Gasteiger partial charge in [0.05, 0.1) is 36.7 Å². The zero-order valence-electron chi connectivity index (χ0n) is 18.2. The Morgan fingerprint density at radius 3 is 2.25 bits per heavy atom. The van der Waals surface area contributed by atoms with Crippen LogP contribution in [0.1, 0.15) is 42.2 Å². The summed E-state index contributed by atoms with van der Waals surface area (Å²) in [5.74, 6) is -0.826. The van der Waals surface area contributed by atoms with Crippen molar-refractivity contribution in [1.82, 2.24) is 9.62 Å². The normalized spacial score (nSPS) is 15.8. The zero-order chi connectivity index (χ0) is 23.1. The highest BCUT2D eigenvalue weighted by Crippen LogP contribution is 2.21. The number of sulfonamides is 1. The summed E-state index contributed by atoms with van der Waals surface area (Å²) in [6.07, 6.45) is -0.271. The topological polar surface area (TPSA) is 102 Å². The van der Waals surface area contributed by atoms with Crippen molar-refractivity contribution in [2.45, 2.75) is 37.3 Å². The van der Waals surface area contributed by atoms with E-state index in [1.54, 1.807) is 13.8 Å². The Morgan fingerprint density at radius 2 is 1.66 bits per heavy atom. The minimum atomic E-state index is -3.64. The second-order valence-corrected chi connectivity index (χ2v) is 9.66. The third kappa shape index (κ3) is 6.15. The number of amides is 1. The van der Waals surface area contributed by atoms with Gasteiger partial charge >= 0.3 is 5.97 Å². The maximum Gasteiger partial charge on any atom is 0.308 e. The van der Waals surface area contributed by atoms with Crippen molar-refractivity contribution in [3.63, 3.8) is 0 Å². The van der Waals surface area contributed by atoms with Gasteiger partial charge in [0.1, 0.15) is 0 Å². The molecule has 2 aromatic carbocycles. The molecule has 1 fully saturated rings. The van der Waals surface area contributed by atoms with Crippen molar-refractivity contribution in [3.8, 4) is 0 Å². The van der Waals surface area contributed by atoms with Crippen molar-refractivity contribution in [1.29, 1.82) is 0 Å². The van der Waals surface area contributed by atoms with Gasteiger partial charge in [0.2, 0.25) is 10.0 Å². The zero-order valence-corrected chi connectivity index (χ0v) is 19.0. The maximum absolute atomic E-state index is 12.9. The number of morpholine rings is 1. The van der Waals surface area contributed by atoms with E-state index in [4.69, 9.17) is 9.47 Å². The predicted molar refractivity (Wildman–Crippen MR) is 119 cm³/mol. The van der Waals surface area contributed by atoms with E-state index in [0.717, 1.165) is 5.56 Å². The SMILES string of the molecule is CC(C)OC(=O)CC(NC(=O)c1ccc(S(=O)(=O)N2CCOCC2)cc1)c1ccccc1. The Morgan fingerprint density at radius 1 is 1.03 bits per heavy atom. The molecule has 0 radical (unpaired) electrons. The van der Waals surface area contributed by atoms with Gasteiger partial charge in [-0.3, -0.25) is 9.59 Å². The average molecular weight is 461 g/mol. The quantitative estimate of drug-likeness (QED) is 0.608. The maximum atomic E-state index is 12.9. The number of nitrogens with one attached hydrogen (secondary N) is 1. The molecule has 0 aliphatic carbocycles. The summed E-state index contributed by atoms with van der Waals surface area (Å²) in [5, 5.41) is 2.86. The van der Waals surface area contributed by atoms with Gasteiger partial charge in [0, 0.05) is 18.7 Å². The summed E-state index contributed by atoms with van der Waals surface area (Å²) in [4.78, 5) is 25.2. The fraction of sp³-hybridized carbons (Fsp3) is 0.391. The highest BCUT2D eigenvalue weighted by molar-refractivity contribution is 7.89. The van der Waals surface area contributed by atoms with Crippen molar-refractivity contribution >= 4 is 21.9 Å². The lowest BCUT2D eigenvalue weighted by atomic mass is 10.0. The molecule has 0 aromatic heterocycles. The Balaban J connectivity index is 1.73. The lowest BCUT2D eigenvalue weighted by Crippen LogP contribution is -2.40. The minimum Gasteiger partial charge on any atom is -0.463 e. The van der Waals surface area contributed by atoms with E-state index < -0.39 is 27.9 Å². The van der Waals surface area contributed by atoms with Gasteiger partial charge in [-0.05, 0) is 43.7 Å². The minimum absolute atomic E-state index is 0.0164. The number of carbonyl (C=O) groups excluding carboxylic acids is 2. The summed E-state index contributed by atoms with van der Waals surface area (Å²) in [7, 11) is -3.64. The summed E-state index contributed by atoms with van der Waals surface area (Å²) in [6, 6.07) is 14.4. The molecule has 1 heterocycles. The van der Waals surface area contributed by atoms with E-state index in [-0.39, 0.29) is 17.4 Å². The first-order valence-electron chi connectivity index (χ1n) is 10.5. The largest absolute Gasteiger partial charge is 0.463 e. The molecule has 1 saturated heterocycles. The van der Waals surface area contributed by atoms with Crippen LogP contribution in [0.15, 0.2) is 59.5 Å². The average Bonchev–Trinajstić information content (AvgIpc) is 2.79. The molecular weight excluding hydrogens is 432 g/mol. The Bertz CT molecular complexity index is 1020. The molecule has 32 heavy (non-hydrogen) atoms. The van der Waals surface area contributed by atoms with E-state index >= 15 is 0 Å². The molecular formula is C23H28N2O6S. The highest BCUT2D eigenvalue weighted by Gasteiger charge is 2.27. The summed E-state index contributed by atoms with van der Waals surface area (Å²) < 4.78 is 37.3. The first-order valence-corrected chi connectivity index (χ1v) is 11.9. The van der Waals surface area contributed by atoms with E-state index in [2.05, 4.69) is 5.32 Å². The van der Waals surface area contributed by atoms with Gasteiger partial charge in [-0.2, -0.15) is 4.31 Å². The van der Waals surface area contributed by atoms with Crippen molar-refractivity contribution < 1.29 is 27.5 Å². The first kappa shape index (κ1) is 23.9. The van der Waals surface area contributed by atoms with Crippen molar-refractivity contribution in [2.24, 2.45) is 0 Å². The molecule has 1 unspecified atom stereocenters. The number of carbonyl (C=O) groups is 2. The van der Waals surface area contributed by atoms with Crippen LogP contribution in [-0.2, 0) is 24.3 Å². The van der Waals surface area contributed by atoms with E-state index in [1.165, 1.54) is 28.6 Å². The summed E-state index contributed by atoms with van der Waals surface area (Å²) in [5.41, 5.74) is 1.07. The fourth-order valence-corrected chi connectivity index (χ4v) is 4.78. The molecule has 3 rings (SSSR count). The molecule has 0 spiro atoms. The number of esters is 1. The van der Waals surface area contributed by atoms with Crippen LogP contribution in [0.3, 0.4) is 0 Å². The van der Waals surface area contributed by atoms with E-state index in [1.807, 2.05) is 30.3 Å². The number of hydrogen-bond acceptors (Lipinski definition) is 6. The first-order chi connectivity index (χ1) is 15.3. The molecule has 0 saturated carbocycles. The molecule has 1 amide bonds. The van der Waals surface area contributed by atoms with E-state index in [9.17, 15) is 18.0 Å². The van der Waals surface area contributed by atoms with Crippen LogP contribution in [-0.4, -0.2) is 57.0 Å². The standard InChI is InChI=1S/C23H28N2O6S/c1-17(2)31-22(26)16-21(18-6-4-3-5-7-18)24-23(27)19-8-10-20(11-9-19)32(28,29)25-12-14-30-15-13-25/h3-11,17,21H,12-16H2,1-2H3,(H,24,27). The molecule has 0 bridgehead atoms. The van der Waals surface area contributed by atoms with Crippen LogP contribution in [0.2, 0.25) is 0 Å². The van der Waals surface area contributed by atoms with Crippen LogP contribution in [0.25, 0.3) is 0 Å². The van der Waals surface area contributed by atoms with Crippen LogP contribution in [0.5, 0.6) is 0 Å². The lowest BCUT2D eigenvalue weighted by molar-refractivity contribution is -0.147.